The normalized spacial score (nSPS) is 12.4. The number of hydrogen-bond donors (Lipinski definition) is 2. The van der Waals surface area contributed by atoms with Crippen LogP contribution >= 0.6 is 0 Å². The summed E-state index contributed by atoms with van der Waals surface area (Å²) < 4.78 is 11.8. The first kappa shape index (κ1) is 11.3. The molecule has 1 aromatic carbocycles. The number of rotatable bonds is 3. The van der Waals surface area contributed by atoms with Crippen molar-refractivity contribution in [3.63, 3.8) is 0 Å². The average Bonchev–Trinajstić information content (AvgIpc) is 2.97. The smallest absolute Gasteiger partial charge is 0.246 e. The van der Waals surface area contributed by atoms with E-state index in [0.717, 1.165) is 0 Å². The van der Waals surface area contributed by atoms with Gasteiger partial charge in [0.15, 0.2) is 17.3 Å². The molecule has 0 spiro atoms. The Bertz CT molecular complexity index is 625. The van der Waals surface area contributed by atoms with Crippen molar-refractivity contribution >= 4 is 17.4 Å². The lowest BCUT2D eigenvalue weighted by Crippen LogP contribution is -2.19. The Kier molecular flexibility index (Phi) is 2.67. The molecule has 0 saturated carbocycles. The number of nitrogens with one attached hydrogen (secondary N) is 1. The quantitative estimate of drug-likeness (QED) is 0.819. The minimum atomic E-state index is -0.233. The fourth-order valence-electron chi connectivity index (χ4n) is 1.71. The number of anilines is 2. The summed E-state index contributed by atoms with van der Waals surface area (Å²) >= 11 is 0. The topological polar surface area (TPSA) is 104 Å². The van der Waals surface area contributed by atoms with Crippen LogP contribution in [0.1, 0.15) is 0 Å². The lowest BCUT2D eigenvalue weighted by molar-refractivity contribution is -0.116. The van der Waals surface area contributed by atoms with Gasteiger partial charge in [-0.05, 0) is 12.1 Å². The van der Waals surface area contributed by atoms with Crippen LogP contribution < -0.4 is 20.5 Å². The Hall–Kier alpha value is -2.77. The second kappa shape index (κ2) is 4.48. The second-order valence-corrected chi connectivity index (χ2v) is 3.96. The van der Waals surface area contributed by atoms with Gasteiger partial charge >= 0.3 is 0 Å². The predicted octanol–water partition coefficient (Wildman–Crippen LogP) is 0.228. The van der Waals surface area contributed by atoms with Crippen LogP contribution in [0.15, 0.2) is 24.4 Å². The van der Waals surface area contributed by atoms with Crippen LogP contribution in [0.25, 0.3) is 0 Å². The van der Waals surface area contributed by atoms with Crippen molar-refractivity contribution in [1.82, 2.24) is 15.0 Å². The van der Waals surface area contributed by atoms with Crippen molar-refractivity contribution in [1.29, 1.82) is 0 Å². The number of nitrogen functional groups attached to an aromatic ring is 1. The third-order valence-corrected chi connectivity index (χ3v) is 2.52. The van der Waals surface area contributed by atoms with Crippen molar-refractivity contribution in [2.45, 2.75) is 6.54 Å². The van der Waals surface area contributed by atoms with E-state index in [0.29, 0.717) is 17.2 Å². The van der Waals surface area contributed by atoms with Gasteiger partial charge in [-0.25, -0.2) is 4.68 Å². The average molecular weight is 261 g/mol. The SMILES string of the molecule is Nc1cn(CC(=O)Nc2ccc3c(c2)OCO3)nn1. The molecule has 0 aliphatic carbocycles. The summed E-state index contributed by atoms with van der Waals surface area (Å²) in [4.78, 5) is 11.8. The molecule has 2 aromatic rings. The van der Waals surface area contributed by atoms with Gasteiger partial charge in [0.05, 0.1) is 6.20 Å². The lowest BCUT2D eigenvalue weighted by atomic mass is 10.3. The molecule has 3 N–H and O–H groups in total. The van der Waals surface area contributed by atoms with E-state index in [-0.39, 0.29) is 25.1 Å². The van der Waals surface area contributed by atoms with Gasteiger partial charge in [-0.15, -0.1) is 5.10 Å². The number of hydrogen-bond acceptors (Lipinski definition) is 6. The van der Waals surface area contributed by atoms with E-state index in [2.05, 4.69) is 15.6 Å². The first-order chi connectivity index (χ1) is 9.20. The van der Waals surface area contributed by atoms with Crippen molar-refractivity contribution in [2.24, 2.45) is 0 Å². The first-order valence-electron chi connectivity index (χ1n) is 5.56. The van der Waals surface area contributed by atoms with Gasteiger partial charge in [-0.2, -0.15) is 0 Å². The molecule has 0 atom stereocenters. The van der Waals surface area contributed by atoms with E-state index >= 15 is 0 Å². The van der Waals surface area contributed by atoms with Crippen LogP contribution in [0, 0.1) is 0 Å². The van der Waals surface area contributed by atoms with Gasteiger partial charge in [0.1, 0.15) is 6.54 Å². The zero-order chi connectivity index (χ0) is 13.2. The van der Waals surface area contributed by atoms with E-state index in [1.54, 1.807) is 18.2 Å². The number of ether oxygens (including phenoxy) is 2. The van der Waals surface area contributed by atoms with Gasteiger partial charge in [0.2, 0.25) is 12.7 Å². The zero-order valence-electron chi connectivity index (χ0n) is 9.87. The summed E-state index contributed by atoms with van der Waals surface area (Å²) in [5.74, 6) is 1.32. The summed E-state index contributed by atoms with van der Waals surface area (Å²) in [6.45, 7) is 0.240. The molecule has 1 aliphatic heterocycles. The fourth-order valence-corrected chi connectivity index (χ4v) is 1.71. The van der Waals surface area contributed by atoms with Crippen LogP contribution in [-0.4, -0.2) is 27.7 Å². The highest BCUT2D eigenvalue weighted by Gasteiger charge is 2.14. The third kappa shape index (κ3) is 2.41. The van der Waals surface area contributed by atoms with Crippen LogP contribution in [-0.2, 0) is 11.3 Å². The highest BCUT2D eigenvalue weighted by Crippen LogP contribution is 2.34. The number of fused-ring (bicyclic) bond motifs is 1. The molecule has 0 radical (unpaired) electrons. The Balaban J connectivity index is 1.66. The minimum Gasteiger partial charge on any atom is -0.454 e. The molecule has 0 saturated heterocycles. The molecular formula is C11H11N5O3. The molecule has 8 heteroatoms. The largest absolute Gasteiger partial charge is 0.454 e. The van der Waals surface area contributed by atoms with Crippen LogP contribution in [0.2, 0.25) is 0 Å². The predicted molar refractivity (Wildman–Crippen MR) is 65.6 cm³/mol. The highest BCUT2D eigenvalue weighted by molar-refractivity contribution is 5.90. The van der Waals surface area contributed by atoms with Crippen molar-refractivity contribution < 1.29 is 14.3 Å². The van der Waals surface area contributed by atoms with E-state index in [4.69, 9.17) is 15.2 Å². The Morgan fingerprint density at radius 2 is 2.26 bits per heavy atom. The maximum Gasteiger partial charge on any atom is 0.246 e. The van der Waals surface area contributed by atoms with Crippen molar-refractivity contribution in [2.75, 3.05) is 17.8 Å². The summed E-state index contributed by atoms with van der Waals surface area (Å²) in [6, 6.07) is 5.18. The van der Waals surface area contributed by atoms with Gasteiger partial charge in [0, 0.05) is 11.8 Å². The molecule has 1 amide bonds. The Morgan fingerprint density at radius 1 is 1.42 bits per heavy atom. The molecule has 19 heavy (non-hydrogen) atoms. The number of amides is 1. The Morgan fingerprint density at radius 3 is 3.05 bits per heavy atom. The number of carbonyl (C=O) groups is 1. The Labute approximate surface area is 108 Å². The molecule has 2 heterocycles. The number of nitrogens with zero attached hydrogens (tertiary/aromatic N) is 3. The van der Waals surface area contributed by atoms with Crippen molar-refractivity contribution in [3.8, 4) is 11.5 Å². The van der Waals surface area contributed by atoms with Crippen molar-refractivity contribution in [3.05, 3.63) is 24.4 Å². The van der Waals surface area contributed by atoms with E-state index < -0.39 is 0 Å². The van der Waals surface area contributed by atoms with Crippen LogP contribution in [0.3, 0.4) is 0 Å². The van der Waals surface area contributed by atoms with Gasteiger partial charge in [0.25, 0.3) is 0 Å². The molecule has 3 rings (SSSR count). The van der Waals surface area contributed by atoms with Gasteiger partial charge < -0.3 is 20.5 Å². The second-order valence-electron chi connectivity index (χ2n) is 3.96. The summed E-state index contributed by atoms with van der Waals surface area (Å²) in [7, 11) is 0. The van der Waals surface area contributed by atoms with Gasteiger partial charge in [-0.1, -0.05) is 5.21 Å². The maximum atomic E-state index is 11.8. The third-order valence-electron chi connectivity index (χ3n) is 2.52. The van der Waals surface area contributed by atoms with Crippen LogP contribution in [0.5, 0.6) is 11.5 Å². The lowest BCUT2D eigenvalue weighted by Gasteiger charge is -2.05. The maximum absolute atomic E-state index is 11.8. The van der Waals surface area contributed by atoms with E-state index in [9.17, 15) is 4.79 Å². The molecule has 98 valence electrons. The van der Waals surface area contributed by atoms with E-state index in [1.807, 2.05) is 0 Å². The number of aromatic nitrogens is 3. The molecule has 8 nitrogen and oxygen atoms in total. The molecule has 1 aromatic heterocycles. The molecule has 0 fully saturated rings. The molecular weight excluding hydrogens is 250 g/mol. The fraction of sp³-hybridized carbons (Fsp3) is 0.182. The molecule has 0 bridgehead atoms. The summed E-state index contributed by atoms with van der Waals surface area (Å²) in [5, 5.41) is 10.0. The number of carbonyl (C=O) groups excluding carboxylic acids is 1. The first-order valence-corrected chi connectivity index (χ1v) is 5.56. The monoisotopic (exact) mass is 261 g/mol. The molecule has 0 unspecified atom stereocenters. The number of nitrogens with two attached hydrogens (primary N) is 1. The van der Waals surface area contributed by atoms with Gasteiger partial charge in [-0.3, -0.25) is 4.79 Å². The summed E-state index contributed by atoms with van der Waals surface area (Å²) in [5.41, 5.74) is 6.04. The molecule has 1 aliphatic rings. The number of benzene rings is 1. The minimum absolute atomic E-state index is 0.0403. The highest BCUT2D eigenvalue weighted by atomic mass is 16.7. The zero-order valence-corrected chi connectivity index (χ0v) is 9.87. The van der Waals surface area contributed by atoms with Crippen LogP contribution in [0.4, 0.5) is 11.5 Å². The standard InChI is InChI=1S/C11H11N5O3/c12-10-4-16(15-14-10)5-11(17)13-7-1-2-8-9(3-7)19-6-18-8/h1-4H,5-6,12H2,(H,13,17). The summed E-state index contributed by atoms with van der Waals surface area (Å²) in [6.07, 6.45) is 1.49. The van der Waals surface area contributed by atoms with E-state index in [1.165, 1.54) is 10.9 Å².